The average molecular weight is 277 g/mol. The summed E-state index contributed by atoms with van der Waals surface area (Å²) in [7, 11) is 0. The van der Waals surface area contributed by atoms with Crippen molar-refractivity contribution in [1.29, 1.82) is 0 Å². The molecule has 0 aromatic heterocycles. The molecule has 4 nitrogen and oxygen atoms in total. The Bertz CT molecular complexity index is 663. The van der Waals surface area contributed by atoms with Crippen LogP contribution in [0.5, 0.6) is 11.5 Å². The number of carbonyl (C=O) groups excluding carboxylic acids is 2. The van der Waals surface area contributed by atoms with Gasteiger partial charge in [0.25, 0.3) is 5.91 Å². The van der Waals surface area contributed by atoms with Gasteiger partial charge in [-0.3, -0.25) is 9.59 Å². The Hall–Kier alpha value is -2.76. The fourth-order valence-electron chi connectivity index (χ4n) is 1.61. The lowest BCUT2D eigenvalue weighted by Crippen LogP contribution is -2.12. The third-order valence-electron chi connectivity index (χ3n) is 2.52. The molecule has 2 rings (SSSR count). The van der Waals surface area contributed by atoms with Crippen LogP contribution in [0, 0.1) is 11.6 Å². The van der Waals surface area contributed by atoms with Gasteiger partial charge in [-0.05, 0) is 24.3 Å². The zero-order chi connectivity index (χ0) is 14.7. The number of nitrogens with two attached hydrogens (primary N) is 1. The van der Waals surface area contributed by atoms with Crippen molar-refractivity contribution in [3.63, 3.8) is 0 Å². The molecule has 0 saturated carbocycles. The number of primary amides is 1. The molecule has 0 fully saturated rings. The molecule has 1 amide bonds. The van der Waals surface area contributed by atoms with Crippen LogP contribution in [0.25, 0.3) is 0 Å². The fourth-order valence-corrected chi connectivity index (χ4v) is 1.61. The minimum absolute atomic E-state index is 0.00855. The van der Waals surface area contributed by atoms with Gasteiger partial charge in [0.15, 0.2) is 17.4 Å². The molecule has 0 aliphatic heterocycles. The van der Waals surface area contributed by atoms with Crippen LogP contribution in [0.1, 0.15) is 20.7 Å². The van der Waals surface area contributed by atoms with Crippen LogP contribution in [-0.4, -0.2) is 12.2 Å². The highest BCUT2D eigenvalue weighted by atomic mass is 19.1. The number of hydrogen-bond donors (Lipinski definition) is 1. The number of halogens is 2. The second-order valence-electron chi connectivity index (χ2n) is 3.89. The molecule has 0 unspecified atom stereocenters. The number of hydrogen-bond acceptors (Lipinski definition) is 3. The third kappa shape index (κ3) is 2.64. The van der Waals surface area contributed by atoms with E-state index in [1.165, 1.54) is 24.3 Å². The van der Waals surface area contributed by atoms with Crippen LogP contribution in [-0.2, 0) is 0 Å². The van der Waals surface area contributed by atoms with E-state index in [2.05, 4.69) is 0 Å². The second-order valence-corrected chi connectivity index (χ2v) is 3.89. The quantitative estimate of drug-likeness (QED) is 0.873. The highest BCUT2D eigenvalue weighted by molar-refractivity contribution is 5.95. The van der Waals surface area contributed by atoms with E-state index in [1.807, 2.05) is 0 Å². The van der Waals surface area contributed by atoms with Crippen molar-refractivity contribution in [3.8, 4) is 11.5 Å². The number of para-hydroxylation sites is 1. The maximum absolute atomic E-state index is 13.7. The predicted molar refractivity (Wildman–Crippen MR) is 66.8 cm³/mol. The monoisotopic (exact) mass is 277 g/mol. The molecule has 0 aliphatic carbocycles. The molecule has 2 aromatic rings. The topological polar surface area (TPSA) is 69.4 Å². The molecule has 2 N–H and O–H groups in total. The highest BCUT2D eigenvalue weighted by Gasteiger charge is 2.16. The lowest BCUT2D eigenvalue weighted by Gasteiger charge is -2.10. The minimum Gasteiger partial charge on any atom is -0.450 e. The molecule has 20 heavy (non-hydrogen) atoms. The Labute approximate surface area is 112 Å². The van der Waals surface area contributed by atoms with E-state index in [1.54, 1.807) is 0 Å². The maximum atomic E-state index is 13.7. The lowest BCUT2D eigenvalue weighted by molar-refractivity contribution is 0.0997. The van der Waals surface area contributed by atoms with E-state index in [0.717, 1.165) is 12.1 Å². The van der Waals surface area contributed by atoms with Gasteiger partial charge < -0.3 is 10.5 Å². The Morgan fingerprint density at radius 3 is 2.30 bits per heavy atom. The van der Waals surface area contributed by atoms with Crippen LogP contribution in [0.3, 0.4) is 0 Å². The first-order valence-electron chi connectivity index (χ1n) is 5.54. The molecule has 102 valence electrons. The standard InChI is InChI=1S/C14H9F2NO3/c15-10-5-8(7-18)6-11(16)13(10)20-12-4-2-1-3-9(12)14(17)19/h1-7H,(H2,17,19). The maximum Gasteiger partial charge on any atom is 0.252 e. The zero-order valence-corrected chi connectivity index (χ0v) is 10.1. The summed E-state index contributed by atoms with van der Waals surface area (Å²) in [6, 6.07) is 7.45. The summed E-state index contributed by atoms with van der Waals surface area (Å²) in [4.78, 5) is 21.7. The van der Waals surface area contributed by atoms with Crippen LogP contribution in [0.15, 0.2) is 36.4 Å². The Morgan fingerprint density at radius 2 is 1.75 bits per heavy atom. The molecule has 0 radical (unpaired) electrons. The molecule has 0 saturated heterocycles. The van der Waals surface area contributed by atoms with Crippen molar-refractivity contribution in [2.45, 2.75) is 0 Å². The first-order valence-corrected chi connectivity index (χ1v) is 5.54. The van der Waals surface area contributed by atoms with Crippen molar-refractivity contribution < 1.29 is 23.1 Å². The van der Waals surface area contributed by atoms with Gasteiger partial charge in [0.05, 0.1) is 5.56 Å². The summed E-state index contributed by atoms with van der Waals surface area (Å²) in [6.07, 6.45) is 0.313. The van der Waals surface area contributed by atoms with Crippen LogP contribution >= 0.6 is 0 Å². The fraction of sp³-hybridized carbons (Fsp3) is 0. The van der Waals surface area contributed by atoms with Crippen LogP contribution in [0.2, 0.25) is 0 Å². The minimum atomic E-state index is -1.05. The average Bonchev–Trinajstić information content (AvgIpc) is 2.42. The third-order valence-corrected chi connectivity index (χ3v) is 2.52. The first kappa shape index (κ1) is 13.7. The number of carbonyl (C=O) groups is 2. The van der Waals surface area contributed by atoms with Crippen molar-refractivity contribution in [1.82, 2.24) is 0 Å². The normalized spacial score (nSPS) is 10.1. The van der Waals surface area contributed by atoms with E-state index in [-0.39, 0.29) is 16.9 Å². The van der Waals surface area contributed by atoms with Gasteiger partial charge in [-0.1, -0.05) is 12.1 Å². The van der Waals surface area contributed by atoms with Crippen LogP contribution in [0.4, 0.5) is 8.78 Å². The van der Waals surface area contributed by atoms with Crippen molar-refractivity contribution in [2.24, 2.45) is 5.73 Å². The highest BCUT2D eigenvalue weighted by Crippen LogP contribution is 2.30. The molecule has 0 bridgehead atoms. The van der Waals surface area contributed by atoms with Crippen molar-refractivity contribution in [3.05, 3.63) is 59.2 Å². The van der Waals surface area contributed by atoms with Gasteiger partial charge in [0.2, 0.25) is 0 Å². The molecule has 0 atom stereocenters. The number of ether oxygens (including phenoxy) is 1. The SMILES string of the molecule is NC(=O)c1ccccc1Oc1c(F)cc(C=O)cc1F. The molecule has 0 heterocycles. The van der Waals surface area contributed by atoms with Gasteiger partial charge in [-0.15, -0.1) is 0 Å². The van der Waals surface area contributed by atoms with Gasteiger partial charge in [-0.2, -0.15) is 0 Å². The van der Waals surface area contributed by atoms with Gasteiger partial charge in [0.1, 0.15) is 12.0 Å². The zero-order valence-electron chi connectivity index (χ0n) is 10.1. The Kier molecular flexibility index (Phi) is 3.74. The number of amides is 1. The lowest BCUT2D eigenvalue weighted by atomic mass is 10.2. The summed E-state index contributed by atoms with van der Waals surface area (Å²) in [5, 5.41) is 0. The van der Waals surface area contributed by atoms with Crippen molar-refractivity contribution >= 4 is 12.2 Å². The summed E-state index contributed by atoms with van der Waals surface area (Å²) in [5.74, 6) is -3.66. The molecule has 0 spiro atoms. The summed E-state index contributed by atoms with van der Waals surface area (Å²) in [6.45, 7) is 0. The van der Waals surface area contributed by atoms with E-state index in [4.69, 9.17) is 10.5 Å². The predicted octanol–water partition coefficient (Wildman–Crippen LogP) is 2.67. The number of rotatable bonds is 4. The molecule has 6 heteroatoms. The Balaban J connectivity index is 2.45. The number of benzene rings is 2. The Morgan fingerprint density at radius 1 is 1.15 bits per heavy atom. The largest absolute Gasteiger partial charge is 0.450 e. The smallest absolute Gasteiger partial charge is 0.252 e. The van der Waals surface area contributed by atoms with E-state index in [0.29, 0.717) is 6.29 Å². The van der Waals surface area contributed by atoms with Crippen LogP contribution < -0.4 is 10.5 Å². The van der Waals surface area contributed by atoms with Crippen molar-refractivity contribution in [2.75, 3.05) is 0 Å². The molecular weight excluding hydrogens is 268 g/mol. The molecule has 0 aliphatic rings. The van der Waals surface area contributed by atoms with E-state index < -0.39 is 23.3 Å². The summed E-state index contributed by atoms with van der Waals surface area (Å²) >= 11 is 0. The summed E-state index contributed by atoms with van der Waals surface area (Å²) < 4.78 is 32.4. The second kappa shape index (κ2) is 5.48. The van der Waals surface area contributed by atoms with Gasteiger partial charge >= 0.3 is 0 Å². The van der Waals surface area contributed by atoms with Gasteiger partial charge in [-0.25, -0.2) is 8.78 Å². The van der Waals surface area contributed by atoms with E-state index >= 15 is 0 Å². The first-order chi connectivity index (χ1) is 9.52. The summed E-state index contributed by atoms with van der Waals surface area (Å²) in [5.41, 5.74) is 4.97. The molecule has 2 aromatic carbocycles. The van der Waals surface area contributed by atoms with E-state index in [9.17, 15) is 18.4 Å². The van der Waals surface area contributed by atoms with Gasteiger partial charge in [0, 0.05) is 5.56 Å². The molecular formula is C14H9F2NO3. The number of aldehydes is 1.